The van der Waals surface area contributed by atoms with Crippen molar-refractivity contribution in [2.75, 3.05) is 0 Å². The lowest BCUT2D eigenvalue weighted by Crippen LogP contribution is -2.41. The average molecular weight is 330 g/mol. The number of allylic oxidation sites excluding steroid dienone is 2. The van der Waals surface area contributed by atoms with Crippen molar-refractivity contribution in [3.63, 3.8) is 0 Å². The van der Waals surface area contributed by atoms with E-state index in [0.717, 1.165) is 11.3 Å². The van der Waals surface area contributed by atoms with Crippen LogP contribution in [0.15, 0.2) is 47.3 Å². The Morgan fingerprint density at radius 2 is 2.00 bits per heavy atom. The predicted octanol–water partition coefficient (Wildman–Crippen LogP) is 2.99. The first-order valence-corrected chi connectivity index (χ1v) is 8.15. The molecular weight excluding hydrogens is 308 g/mol. The lowest BCUT2D eigenvalue weighted by Gasteiger charge is -2.31. The summed E-state index contributed by atoms with van der Waals surface area (Å²) in [7, 11) is 0. The number of esters is 2. The monoisotopic (exact) mass is 330 g/mol. The van der Waals surface area contributed by atoms with Gasteiger partial charge in [0.2, 0.25) is 0 Å². The zero-order valence-corrected chi connectivity index (χ0v) is 14.4. The summed E-state index contributed by atoms with van der Waals surface area (Å²) < 4.78 is 17.1. The van der Waals surface area contributed by atoms with Gasteiger partial charge in [0.25, 0.3) is 0 Å². The molecule has 0 aromatic rings. The van der Waals surface area contributed by atoms with Gasteiger partial charge in [-0.1, -0.05) is 18.2 Å². The maximum Gasteiger partial charge on any atom is 0.334 e. The summed E-state index contributed by atoms with van der Waals surface area (Å²) in [5.74, 6) is 0.0728. The first-order chi connectivity index (χ1) is 11.3. The zero-order chi connectivity index (χ0) is 17.5. The fraction of sp³-hybridized carbons (Fsp3) is 0.474. The minimum Gasteiger partial charge on any atom is -0.486 e. The smallest absolute Gasteiger partial charge is 0.334 e. The molecule has 5 heteroatoms. The molecule has 0 unspecified atom stereocenters. The van der Waals surface area contributed by atoms with E-state index in [4.69, 9.17) is 14.2 Å². The van der Waals surface area contributed by atoms with Crippen LogP contribution in [0.5, 0.6) is 0 Å². The quantitative estimate of drug-likeness (QED) is 0.588. The van der Waals surface area contributed by atoms with E-state index in [0.29, 0.717) is 12.0 Å². The molecule has 0 aromatic carbocycles. The molecule has 3 aliphatic rings. The third-order valence-electron chi connectivity index (χ3n) is 4.74. The van der Waals surface area contributed by atoms with Crippen molar-refractivity contribution in [1.29, 1.82) is 0 Å². The summed E-state index contributed by atoms with van der Waals surface area (Å²) in [5, 5.41) is 0. The van der Waals surface area contributed by atoms with Crippen LogP contribution in [0.4, 0.5) is 0 Å². The molecule has 2 aliphatic heterocycles. The summed E-state index contributed by atoms with van der Waals surface area (Å²) >= 11 is 0. The highest BCUT2D eigenvalue weighted by molar-refractivity contribution is 5.88. The van der Waals surface area contributed by atoms with Crippen molar-refractivity contribution in [3.8, 4) is 0 Å². The largest absolute Gasteiger partial charge is 0.486 e. The fourth-order valence-electron chi connectivity index (χ4n) is 3.06. The maximum atomic E-state index is 12.1. The van der Waals surface area contributed by atoms with Gasteiger partial charge >= 0.3 is 11.9 Å². The van der Waals surface area contributed by atoms with Crippen molar-refractivity contribution < 1.29 is 23.8 Å². The Hall–Kier alpha value is -2.30. The lowest BCUT2D eigenvalue weighted by atomic mass is 9.85. The fourth-order valence-corrected chi connectivity index (χ4v) is 3.06. The molecule has 0 spiro atoms. The molecule has 3 rings (SSSR count). The summed E-state index contributed by atoms with van der Waals surface area (Å²) in [6, 6.07) is 0. The van der Waals surface area contributed by atoms with Gasteiger partial charge in [0.15, 0.2) is 0 Å². The predicted molar refractivity (Wildman–Crippen MR) is 87.8 cm³/mol. The van der Waals surface area contributed by atoms with Gasteiger partial charge in [0.1, 0.15) is 23.6 Å². The highest BCUT2D eigenvalue weighted by atomic mass is 16.6. The minimum absolute atomic E-state index is 0.0414. The van der Waals surface area contributed by atoms with Crippen LogP contribution in [0.3, 0.4) is 0 Å². The van der Waals surface area contributed by atoms with Gasteiger partial charge in [-0.15, -0.1) is 0 Å². The van der Waals surface area contributed by atoms with Crippen molar-refractivity contribution in [1.82, 2.24) is 0 Å². The third kappa shape index (κ3) is 2.90. The van der Waals surface area contributed by atoms with Crippen LogP contribution in [0.2, 0.25) is 0 Å². The normalized spacial score (nSPS) is 28.9. The van der Waals surface area contributed by atoms with Gasteiger partial charge in [-0.3, -0.25) is 0 Å². The Morgan fingerprint density at radius 3 is 2.71 bits per heavy atom. The average Bonchev–Trinajstić information content (AvgIpc) is 2.99. The number of carbonyl (C=O) groups excluding carboxylic acids is 2. The second-order valence-corrected chi connectivity index (χ2v) is 6.82. The van der Waals surface area contributed by atoms with Gasteiger partial charge in [-0.25, -0.2) is 9.59 Å². The molecular formula is C19H22O5. The second-order valence-electron chi connectivity index (χ2n) is 6.82. The van der Waals surface area contributed by atoms with Crippen molar-refractivity contribution in [2.45, 2.75) is 51.9 Å². The van der Waals surface area contributed by atoms with Gasteiger partial charge in [0, 0.05) is 29.6 Å². The summed E-state index contributed by atoms with van der Waals surface area (Å²) in [6.07, 6.45) is 8.84. The van der Waals surface area contributed by atoms with Gasteiger partial charge in [-0.05, 0) is 33.8 Å². The summed E-state index contributed by atoms with van der Waals surface area (Å²) in [6.45, 7) is 7.19. The van der Waals surface area contributed by atoms with E-state index in [-0.39, 0.29) is 30.1 Å². The van der Waals surface area contributed by atoms with Gasteiger partial charge in [-0.2, -0.15) is 0 Å². The molecule has 0 saturated heterocycles. The molecule has 0 fully saturated rings. The van der Waals surface area contributed by atoms with Crippen LogP contribution < -0.4 is 0 Å². The number of fused-ring (bicyclic) bond motifs is 2. The lowest BCUT2D eigenvalue weighted by molar-refractivity contribution is -0.162. The van der Waals surface area contributed by atoms with Crippen molar-refractivity contribution >= 4 is 11.9 Å². The number of carbonyl (C=O) groups is 2. The number of rotatable bonds is 3. The first kappa shape index (κ1) is 16.6. The van der Waals surface area contributed by atoms with Crippen molar-refractivity contribution in [3.05, 3.63) is 47.3 Å². The van der Waals surface area contributed by atoms with E-state index >= 15 is 0 Å². The second kappa shape index (κ2) is 5.96. The van der Waals surface area contributed by atoms with Crippen LogP contribution in [-0.2, 0) is 23.8 Å². The van der Waals surface area contributed by atoms with E-state index in [1.807, 2.05) is 32.1 Å². The van der Waals surface area contributed by atoms with E-state index < -0.39 is 5.60 Å². The molecule has 128 valence electrons. The topological polar surface area (TPSA) is 61.8 Å². The number of hydrogen-bond donors (Lipinski definition) is 0. The molecule has 2 heterocycles. The molecule has 0 aromatic heterocycles. The molecule has 3 atom stereocenters. The van der Waals surface area contributed by atoms with Crippen LogP contribution >= 0.6 is 0 Å². The molecule has 0 radical (unpaired) electrons. The van der Waals surface area contributed by atoms with Crippen LogP contribution in [-0.4, -0.2) is 29.7 Å². The SMILES string of the molecule is C/C=C(/C)C(=O)OC(C)(C)[C@H]1CC2=C(C=C[C@H]3C=CC(=O)O[C@H]23)O1. The van der Waals surface area contributed by atoms with E-state index in [1.54, 1.807) is 19.9 Å². The van der Waals surface area contributed by atoms with Gasteiger partial charge < -0.3 is 14.2 Å². The van der Waals surface area contributed by atoms with Crippen LogP contribution in [0.1, 0.15) is 34.1 Å². The molecule has 0 amide bonds. The number of ether oxygens (including phenoxy) is 3. The van der Waals surface area contributed by atoms with Crippen LogP contribution in [0, 0.1) is 5.92 Å². The Morgan fingerprint density at radius 1 is 1.29 bits per heavy atom. The summed E-state index contributed by atoms with van der Waals surface area (Å²) in [5.41, 5.74) is 0.721. The molecule has 0 N–H and O–H groups in total. The third-order valence-corrected chi connectivity index (χ3v) is 4.74. The molecule has 24 heavy (non-hydrogen) atoms. The minimum atomic E-state index is -0.795. The maximum absolute atomic E-state index is 12.1. The Balaban J connectivity index is 1.74. The molecule has 0 saturated carbocycles. The van der Waals surface area contributed by atoms with Crippen LogP contribution in [0.25, 0.3) is 0 Å². The Bertz CT molecular complexity index is 693. The van der Waals surface area contributed by atoms with E-state index in [9.17, 15) is 9.59 Å². The van der Waals surface area contributed by atoms with E-state index in [2.05, 4.69) is 0 Å². The molecule has 1 aliphatic carbocycles. The zero-order valence-electron chi connectivity index (χ0n) is 14.4. The highest BCUT2D eigenvalue weighted by Gasteiger charge is 2.45. The first-order valence-electron chi connectivity index (χ1n) is 8.15. The standard InChI is InChI=1S/C19H22O5/c1-5-11(2)18(21)24-19(3,4)15-10-13-14(22-15)8-6-12-7-9-16(20)23-17(12)13/h5-9,12,15,17H,10H2,1-4H3/b11-5-/t12-,15+,17-/m0/s1. The Kier molecular flexibility index (Phi) is 4.11. The summed E-state index contributed by atoms with van der Waals surface area (Å²) in [4.78, 5) is 23.6. The van der Waals surface area contributed by atoms with E-state index in [1.165, 1.54) is 6.08 Å². The molecule has 5 nitrogen and oxygen atoms in total. The van der Waals surface area contributed by atoms with Gasteiger partial charge in [0.05, 0.1) is 0 Å². The number of hydrogen-bond acceptors (Lipinski definition) is 5. The molecule has 0 bridgehead atoms. The van der Waals surface area contributed by atoms with Crippen molar-refractivity contribution in [2.24, 2.45) is 5.92 Å². The highest BCUT2D eigenvalue weighted by Crippen LogP contribution is 2.42. The Labute approximate surface area is 141 Å².